The molecule has 0 amide bonds. The summed E-state index contributed by atoms with van der Waals surface area (Å²) in [6, 6.07) is 5.56. The Hall–Kier alpha value is -2.12. The molecule has 1 aromatic carbocycles. The topological polar surface area (TPSA) is 76.6 Å². The van der Waals surface area contributed by atoms with E-state index in [-0.39, 0.29) is 0 Å². The second kappa shape index (κ2) is 6.65. The summed E-state index contributed by atoms with van der Waals surface area (Å²) in [5, 5.41) is 5.50. The first-order chi connectivity index (χ1) is 11.7. The van der Waals surface area contributed by atoms with Crippen LogP contribution in [0.15, 0.2) is 18.2 Å². The minimum absolute atomic E-state index is 0.479. The molecule has 3 rings (SSSR count). The average Bonchev–Trinajstić information content (AvgIpc) is 2.86. The number of fused-ring (bicyclic) bond motifs is 1. The van der Waals surface area contributed by atoms with Crippen LogP contribution in [0.1, 0.15) is 26.5 Å². The standard InChI is InChI=1S/C18H27N5O2/c1-18(2,3)25-17(24)23-16-11-13(19)5-6-14(16)15(20-23)12-22-9-7-21(4)8-10-22/h5-6,11H,7-10,12,19H2,1-4H3. The van der Waals surface area contributed by atoms with Gasteiger partial charge in [0.1, 0.15) is 5.60 Å². The zero-order valence-electron chi connectivity index (χ0n) is 15.5. The molecule has 0 radical (unpaired) electrons. The summed E-state index contributed by atoms with van der Waals surface area (Å²) < 4.78 is 6.83. The van der Waals surface area contributed by atoms with Gasteiger partial charge >= 0.3 is 6.09 Å². The van der Waals surface area contributed by atoms with E-state index in [9.17, 15) is 4.79 Å². The molecule has 2 N–H and O–H groups in total. The highest BCUT2D eigenvalue weighted by atomic mass is 16.6. The lowest BCUT2D eigenvalue weighted by molar-refractivity contribution is 0.0521. The molecule has 0 spiro atoms. The van der Waals surface area contributed by atoms with Crippen LogP contribution in [0.5, 0.6) is 0 Å². The van der Waals surface area contributed by atoms with Crippen LogP contribution < -0.4 is 5.73 Å². The summed E-state index contributed by atoms with van der Waals surface area (Å²) >= 11 is 0. The molecule has 25 heavy (non-hydrogen) atoms. The predicted molar refractivity (Wildman–Crippen MR) is 98.6 cm³/mol. The number of piperazine rings is 1. The van der Waals surface area contributed by atoms with Gasteiger partial charge in [0.25, 0.3) is 0 Å². The molecule has 0 atom stereocenters. The van der Waals surface area contributed by atoms with Crippen molar-refractivity contribution in [1.82, 2.24) is 19.6 Å². The molecule has 1 aliphatic rings. The van der Waals surface area contributed by atoms with E-state index < -0.39 is 11.7 Å². The monoisotopic (exact) mass is 345 g/mol. The Morgan fingerprint density at radius 1 is 1.24 bits per heavy atom. The molecule has 136 valence electrons. The molecule has 2 heterocycles. The lowest BCUT2D eigenvalue weighted by Crippen LogP contribution is -2.44. The number of carbonyl (C=O) groups is 1. The number of carbonyl (C=O) groups excluding carboxylic acids is 1. The zero-order chi connectivity index (χ0) is 18.2. The maximum Gasteiger partial charge on any atom is 0.435 e. The third-order valence-corrected chi connectivity index (χ3v) is 4.32. The van der Waals surface area contributed by atoms with Gasteiger partial charge < -0.3 is 15.4 Å². The smallest absolute Gasteiger partial charge is 0.435 e. The van der Waals surface area contributed by atoms with Crippen LogP contribution in [0.2, 0.25) is 0 Å². The average molecular weight is 345 g/mol. The van der Waals surface area contributed by atoms with E-state index in [0.717, 1.165) is 37.3 Å². The quantitative estimate of drug-likeness (QED) is 0.841. The number of rotatable bonds is 2. The number of nitrogen functional groups attached to an aromatic ring is 1. The number of anilines is 1. The lowest BCUT2D eigenvalue weighted by atomic mass is 10.1. The van der Waals surface area contributed by atoms with Gasteiger partial charge in [0.05, 0.1) is 11.2 Å². The van der Waals surface area contributed by atoms with Crippen molar-refractivity contribution in [3.63, 3.8) is 0 Å². The maximum atomic E-state index is 12.6. The van der Waals surface area contributed by atoms with Crippen molar-refractivity contribution in [3.8, 4) is 0 Å². The Kier molecular flexibility index (Phi) is 4.71. The van der Waals surface area contributed by atoms with Gasteiger partial charge in [-0.3, -0.25) is 4.90 Å². The van der Waals surface area contributed by atoms with Gasteiger partial charge in [0.15, 0.2) is 0 Å². The number of ether oxygens (including phenoxy) is 1. The fourth-order valence-electron chi connectivity index (χ4n) is 2.98. The van der Waals surface area contributed by atoms with E-state index in [2.05, 4.69) is 21.9 Å². The van der Waals surface area contributed by atoms with Crippen molar-refractivity contribution in [1.29, 1.82) is 0 Å². The highest BCUT2D eigenvalue weighted by molar-refractivity contribution is 5.91. The van der Waals surface area contributed by atoms with Crippen LogP contribution in [-0.2, 0) is 11.3 Å². The zero-order valence-corrected chi connectivity index (χ0v) is 15.5. The molecule has 1 saturated heterocycles. The predicted octanol–water partition coefficient (Wildman–Crippen LogP) is 2.15. The third-order valence-electron chi connectivity index (χ3n) is 4.32. The molecule has 0 saturated carbocycles. The molecule has 0 unspecified atom stereocenters. The van der Waals surface area contributed by atoms with Crippen molar-refractivity contribution in [2.75, 3.05) is 39.0 Å². The van der Waals surface area contributed by atoms with Crippen LogP contribution in [0.25, 0.3) is 10.9 Å². The Bertz CT molecular complexity index is 770. The summed E-state index contributed by atoms with van der Waals surface area (Å²) in [7, 11) is 2.13. The van der Waals surface area contributed by atoms with E-state index in [1.807, 2.05) is 32.9 Å². The second-order valence-electron chi connectivity index (χ2n) is 7.69. The van der Waals surface area contributed by atoms with Crippen molar-refractivity contribution < 1.29 is 9.53 Å². The molecule has 7 nitrogen and oxygen atoms in total. The minimum atomic E-state index is -0.576. The van der Waals surface area contributed by atoms with Crippen molar-refractivity contribution in [2.24, 2.45) is 0 Å². The summed E-state index contributed by atoms with van der Waals surface area (Å²) in [6.07, 6.45) is -0.479. The molecule has 2 aromatic rings. The summed E-state index contributed by atoms with van der Waals surface area (Å²) in [6.45, 7) is 10.3. The number of nitrogens with two attached hydrogens (primary N) is 1. The van der Waals surface area contributed by atoms with Crippen LogP contribution in [-0.4, -0.2) is 64.5 Å². The van der Waals surface area contributed by atoms with E-state index >= 15 is 0 Å². The van der Waals surface area contributed by atoms with E-state index in [1.54, 1.807) is 6.07 Å². The fourth-order valence-corrected chi connectivity index (χ4v) is 2.98. The molecule has 0 bridgehead atoms. The minimum Gasteiger partial charge on any atom is -0.442 e. The Morgan fingerprint density at radius 2 is 1.92 bits per heavy atom. The van der Waals surface area contributed by atoms with Gasteiger partial charge in [-0.15, -0.1) is 0 Å². The largest absolute Gasteiger partial charge is 0.442 e. The number of hydrogen-bond acceptors (Lipinski definition) is 6. The maximum absolute atomic E-state index is 12.6. The molecule has 1 aliphatic heterocycles. The van der Waals surface area contributed by atoms with Gasteiger partial charge in [0.2, 0.25) is 0 Å². The molecular formula is C18H27N5O2. The highest BCUT2D eigenvalue weighted by Crippen LogP contribution is 2.24. The summed E-state index contributed by atoms with van der Waals surface area (Å²) in [4.78, 5) is 17.2. The number of hydrogen-bond donors (Lipinski definition) is 1. The Morgan fingerprint density at radius 3 is 2.56 bits per heavy atom. The van der Waals surface area contributed by atoms with Gasteiger partial charge in [-0.25, -0.2) is 4.79 Å². The number of aromatic nitrogens is 2. The summed E-state index contributed by atoms with van der Waals surface area (Å²) in [5.41, 5.74) is 7.52. The normalized spacial score (nSPS) is 17.1. The van der Waals surface area contributed by atoms with Crippen molar-refractivity contribution in [2.45, 2.75) is 32.9 Å². The third kappa shape index (κ3) is 4.11. The summed E-state index contributed by atoms with van der Waals surface area (Å²) in [5.74, 6) is 0. The highest BCUT2D eigenvalue weighted by Gasteiger charge is 2.23. The fraction of sp³-hybridized carbons (Fsp3) is 0.556. The van der Waals surface area contributed by atoms with Crippen LogP contribution in [0.3, 0.4) is 0 Å². The number of nitrogens with zero attached hydrogens (tertiary/aromatic N) is 4. The van der Waals surface area contributed by atoms with E-state index in [4.69, 9.17) is 10.5 Å². The molecule has 0 aliphatic carbocycles. The van der Waals surface area contributed by atoms with E-state index in [0.29, 0.717) is 17.7 Å². The molecular weight excluding hydrogens is 318 g/mol. The first kappa shape index (κ1) is 17.7. The van der Waals surface area contributed by atoms with Gasteiger partial charge in [-0.1, -0.05) is 0 Å². The van der Waals surface area contributed by atoms with Gasteiger partial charge in [-0.2, -0.15) is 9.78 Å². The van der Waals surface area contributed by atoms with Gasteiger partial charge in [-0.05, 0) is 46.0 Å². The molecule has 1 aromatic heterocycles. The first-order valence-corrected chi connectivity index (χ1v) is 8.64. The van der Waals surface area contributed by atoms with Crippen LogP contribution >= 0.6 is 0 Å². The number of benzene rings is 1. The first-order valence-electron chi connectivity index (χ1n) is 8.64. The van der Waals surface area contributed by atoms with Crippen LogP contribution in [0.4, 0.5) is 10.5 Å². The van der Waals surface area contributed by atoms with Crippen LogP contribution in [0, 0.1) is 0 Å². The molecule has 7 heteroatoms. The Balaban J connectivity index is 1.92. The SMILES string of the molecule is CN1CCN(Cc2nn(C(=O)OC(C)(C)C)c3cc(N)ccc23)CC1. The number of likely N-dealkylation sites (N-methyl/N-ethyl adjacent to an activating group) is 1. The van der Waals surface area contributed by atoms with Crippen molar-refractivity contribution in [3.05, 3.63) is 23.9 Å². The van der Waals surface area contributed by atoms with Crippen molar-refractivity contribution >= 4 is 22.7 Å². The second-order valence-corrected chi connectivity index (χ2v) is 7.69. The van der Waals surface area contributed by atoms with E-state index in [1.165, 1.54) is 4.68 Å². The lowest BCUT2D eigenvalue weighted by Gasteiger charge is -2.31. The Labute approximate surface area is 148 Å². The molecule has 1 fully saturated rings. The van der Waals surface area contributed by atoms with Gasteiger partial charge in [0, 0.05) is 43.8 Å².